The van der Waals surface area contributed by atoms with Gasteiger partial charge in [0.2, 0.25) is 21.9 Å². The van der Waals surface area contributed by atoms with E-state index in [9.17, 15) is 13.2 Å². The van der Waals surface area contributed by atoms with Crippen LogP contribution in [0.5, 0.6) is 11.6 Å². The van der Waals surface area contributed by atoms with E-state index >= 15 is 4.39 Å². The van der Waals surface area contributed by atoms with Gasteiger partial charge in [-0.3, -0.25) is 9.52 Å². The van der Waals surface area contributed by atoms with Gasteiger partial charge in [0.25, 0.3) is 0 Å². The molecule has 3 fully saturated rings. The summed E-state index contributed by atoms with van der Waals surface area (Å²) in [5.41, 5.74) is 1.42. The molecular formula is C33H43FN6O7S. The maximum absolute atomic E-state index is 15.3. The number of carbonyl (C=O) groups excluding carboxylic acids is 1. The lowest BCUT2D eigenvalue weighted by molar-refractivity contribution is -0.149. The number of anilines is 2. The molecule has 0 spiro atoms. The highest BCUT2D eigenvalue weighted by Gasteiger charge is 2.33. The lowest BCUT2D eigenvalue weighted by atomic mass is 9.88. The van der Waals surface area contributed by atoms with Crippen molar-refractivity contribution in [2.75, 3.05) is 69.0 Å². The molecule has 13 nitrogen and oxygen atoms in total. The summed E-state index contributed by atoms with van der Waals surface area (Å²) in [5.74, 6) is 0.237. The number of piperidine rings is 1. The van der Waals surface area contributed by atoms with Crippen LogP contribution in [0.2, 0.25) is 0 Å². The number of halogens is 1. The molecule has 0 amide bonds. The third-order valence-electron chi connectivity index (χ3n) is 9.23. The van der Waals surface area contributed by atoms with Crippen molar-refractivity contribution >= 4 is 38.5 Å². The van der Waals surface area contributed by atoms with E-state index in [0.717, 1.165) is 57.9 Å². The summed E-state index contributed by atoms with van der Waals surface area (Å²) in [6.07, 6.45) is 7.54. The number of pyridine rings is 1. The van der Waals surface area contributed by atoms with Crippen molar-refractivity contribution in [2.24, 2.45) is 5.92 Å². The number of nitrogens with zero attached hydrogens (tertiary/aromatic N) is 5. The minimum absolute atomic E-state index is 0.0207. The first-order valence-electron chi connectivity index (χ1n) is 16.6. The summed E-state index contributed by atoms with van der Waals surface area (Å²) < 4.78 is 64.6. The van der Waals surface area contributed by atoms with Gasteiger partial charge in [-0.1, -0.05) is 0 Å². The first-order valence-corrected chi connectivity index (χ1v) is 18.4. The van der Waals surface area contributed by atoms with Crippen molar-refractivity contribution in [3.8, 4) is 22.9 Å². The number of likely N-dealkylation sites (tertiary alicyclic amines) is 1. The first-order chi connectivity index (χ1) is 23.1. The van der Waals surface area contributed by atoms with E-state index in [1.54, 1.807) is 6.07 Å². The molecule has 260 valence electrons. The Hall–Kier alpha value is -3.82. The van der Waals surface area contributed by atoms with Crippen molar-refractivity contribution in [3.05, 3.63) is 30.2 Å². The van der Waals surface area contributed by atoms with Crippen LogP contribution in [0.15, 0.2) is 24.4 Å². The lowest BCUT2D eigenvalue weighted by Crippen LogP contribution is -2.45. The zero-order valence-electron chi connectivity index (χ0n) is 27.6. The minimum atomic E-state index is -3.65. The number of aromatic nitrogens is 3. The zero-order chi connectivity index (χ0) is 33.8. The number of carbonyl (C=O) groups is 1. The Morgan fingerprint density at radius 2 is 1.77 bits per heavy atom. The maximum Gasteiger partial charge on any atom is 0.309 e. The fourth-order valence-corrected chi connectivity index (χ4v) is 7.40. The standard InChI is InChI=1S/C33H43FN6O7S/c1-4-46-32(41)21-9-11-39(12-10-21)24-5-7-25(8-6-24)47-28-19-23(34)18-26-29(36-33(37-30(26)28)40-13-15-45-16-14-40)22-17-27(38-48(3,42)43)31(44-2)35-20-22/h17-21,24-25,38H,4-16H2,1-3H3. The number of fused-ring (bicyclic) bond motifs is 1. The summed E-state index contributed by atoms with van der Waals surface area (Å²) in [4.78, 5) is 30.7. The number of hydrogen-bond acceptors (Lipinski definition) is 12. The van der Waals surface area contributed by atoms with Gasteiger partial charge in [-0.05, 0) is 70.7 Å². The lowest BCUT2D eigenvalue weighted by Gasteiger charge is -2.40. The van der Waals surface area contributed by atoms with Crippen molar-refractivity contribution in [2.45, 2.75) is 57.6 Å². The number of benzene rings is 1. The Morgan fingerprint density at radius 1 is 1.04 bits per heavy atom. The number of esters is 1. The SMILES string of the molecule is CCOC(=O)C1CCN(C2CCC(Oc3cc(F)cc4c(-c5cnc(OC)c(NS(C)(=O)=O)c5)nc(N5CCOCC5)nc34)CC2)CC1. The molecule has 0 bridgehead atoms. The second-order valence-corrected chi connectivity index (χ2v) is 14.3. The Balaban J connectivity index is 1.27. The maximum atomic E-state index is 15.3. The van der Waals surface area contributed by atoms with Crippen LogP contribution in [-0.4, -0.2) is 106 Å². The molecule has 6 rings (SSSR count). The smallest absolute Gasteiger partial charge is 0.309 e. The third kappa shape index (κ3) is 7.90. The van der Waals surface area contributed by atoms with E-state index in [2.05, 4.69) is 14.6 Å². The van der Waals surface area contributed by atoms with Gasteiger partial charge in [-0.15, -0.1) is 0 Å². The van der Waals surface area contributed by atoms with Crippen LogP contribution < -0.4 is 19.1 Å². The molecule has 2 aliphatic heterocycles. The summed E-state index contributed by atoms with van der Waals surface area (Å²) in [6, 6.07) is 4.72. The van der Waals surface area contributed by atoms with Gasteiger partial charge in [0.1, 0.15) is 22.8 Å². The van der Waals surface area contributed by atoms with Gasteiger partial charge in [-0.25, -0.2) is 27.8 Å². The molecule has 3 aliphatic rings. The number of rotatable bonds is 10. The molecule has 1 saturated carbocycles. The predicted octanol–water partition coefficient (Wildman–Crippen LogP) is 4.01. The Kier molecular flexibility index (Phi) is 10.5. The number of ether oxygens (including phenoxy) is 4. The monoisotopic (exact) mass is 686 g/mol. The van der Waals surface area contributed by atoms with Crippen molar-refractivity contribution in [1.29, 1.82) is 0 Å². The van der Waals surface area contributed by atoms with Crippen LogP contribution in [0, 0.1) is 11.7 Å². The van der Waals surface area contributed by atoms with Crippen molar-refractivity contribution < 1.29 is 36.6 Å². The average molecular weight is 687 g/mol. The molecule has 3 aromatic rings. The third-order valence-corrected chi connectivity index (χ3v) is 9.82. The molecule has 2 saturated heterocycles. The van der Waals surface area contributed by atoms with Gasteiger partial charge in [0, 0.05) is 42.3 Å². The van der Waals surface area contributed by atoms with E-state index in [1.807, 2.05) is 11.8 Å². The molecule has 1 N–H and O–H groups in total. The fourth-order valence-electron chi connectivity index (χ4n) is 6.86. The predicted molar refractivity (Wildman–Crippen MR) is 178 cm³/mol. The summed E-state index contributed by atoms with van der Waals surface area (Å²) in [7, 11) is -2.26. The van der Waals surface area contributed by atoms with Crippen LogP contribution >= 0.6 is 0 Å². The molecule has 48 heavy (non-hydrogen) atoms. The molecule has 0 unspecified atom stereocenters. The van der Waals surface area contributed by atoms with Crippen LogP contribution in [-0.2, 0) is 24.3 Å². The minimum Gasteiger partial charge on any atom is -0.488 e. The summed E-state index contributed by atoms with van der Waals surface area (Å²) in [5, 5.41) is 0.414. The largest absolute Gasteiger partial charge is 0.488 e. The highest BCUT2D eigenvalue weighted by atomic mass is 32.2. The average Bonchev–Trinajstić information content (AvgIpc) is 3.08. The molecule has 4 heterocycles. The Morgan fingerprint density at radius 3 is 2.44 bits per heavy atom. The van der Waals surface area contributed by atoms with E-state index in [4.69, 9.17) is 28.9 Å². The Labute approximate surface area is 280 Å². The van der Waals surface area contributed by atoms with Crippen LogP contribution in [0.4, 0.5) is 16.0 Å². The van der Waals surface area contributed by atoms with Crippen LogP contribution in [0.25, 0.3) is 22.2 Å². The van der Waals surface area contributed by atoms with E-state index in [0.29, 0.717) is 72.8 Å². The number of sulfonamides is 1. The second kappa shape index (κ2) is 14.7. The first kappa shape index (κ1) is 34.1. The number of nitrogens with one attached hydrogen (secondary N) is 1. The number of hydrogen-bond donors (Lipinski definition) is 1. The Bertz CT molecular complexity index is 1720. The molecule has 0 atom stereocenters. The van der Waals surface area contributed by atoms with E-state index in [1.165, 1.54) is 25.4 Å². The molecule has 15 heteroatoms. The van der Waals surface area contributed by atoms with E-state index in [-0.39, 0.29) is 29.6 Å². The highest BCUT2D eigenvalue weighted by Crippen LogP contribution is 2.38. The number of methoxy groups -OCH3 is 1. The van der Waals surface area contributed by atoms with Crippen molar-refractivity contribution in [3.63, 3.8) is 0 Å². The zero-order valence-corrected chi connectivity index (χ0v) is 28.4. The van der Waals surface area contributed by atoms with Gasteiger partial charge in [0.15, 0.2) is 0 Å². The normalized spacial score (nSPS) is 21.2. The number of morpholine rings is 1. The molecule has 2 aromatic heterocycles. The van der Waals surface area contributed by atoms with Crippen LogP contribution in [0.1, 0.15) is 45.4 Å². The molecular weight excluding hydrogens is 643 g/mol. The quantitative estimate of drug-likeness (QED) is 0.308. The summed E-state index contributed by atoms with van der Waals surface area (Å²) in [6.45, 7) is 6.17. The molecule has 1 aromatic carbocycles. The fraction of sp³-hybridized carbons (Fsp3) is 0.576. The molecule has 1 aliphatic carbocycles. The molecule has 0 radical (unpaired) electrons. The summed E-state index contributed by atoms with van der Waals surface area (Å²) >= 11 is 0. The van der Waals surface area contributed by atoms with E-state index < -0.39 is 15.8 Å². The second-order valence-electron chi connectivity index (χ2n) is 12.5. The van der Waals surface area contributed by atoms with Gasteiger partial charge in [0.05, 0.1) is 50.9 Å². The van der Waals surface area contributed by atoms with Gasteiger partial charge < -0.3 is 28.7 Å². The van der Waals surface area contributed by atoms with Crippen LogP contribution in [0.3, 0.4) is 0 Å². The van der Waals surface area contributed by atoms with Crippen molar-refractivity contribution in [1.82, 2.24) is 19.9 Å². The highest BCUT2D eigenvalue weighted by molar-refractivity contribution is 7.92. The topological polar surface area (TPSA) is 145 Å². The van der Waals surface area contributed by atoms with Gasteiger partial charge >= 0.3 is 5.97 Å². The van der Waals surface area contributed by atoms with Gasteiger partial charge in [-0.2, -0.15) is 0 Å².